The highest BCUT2D eigenvalue weighted by Gasteiger charge is 2.30. The molecule has 2 N–H and O–H groups in total. The Labute approximate surface area is 117 Å². The van der Waals surface area contributed by atoms with Crippen LogP contribution >= 0.6 is 0 Å². The molecule has 0 bridgehead atoms. The molecule has 7 heteroatoms. The van der Waals surface area contributed by atoms with Crippen molar-refractivity contribution in [1.82, 2.24) is 8.61 Å². The second-order valence-electron chi connectivity index (χ2n) is 5.33. The Hall–Kier alpha value is -0.210. The van der Waals surface area contributed by atoms with Crippen LogP contribution in [-0.4, -0.2) is 63.0 Å². The summed E-state index contributed by atoms with van der Waals surface area (Å²) in [6.07, 6.45) is 1.83. The summed E-state index contributed by atoms with van der Waals surface area (Å²) in [4.78, 5) is 0. The van der Waals surface area contributed by atoms with E-state index in [4.69, 9.17) is 10.5 Å². The Morgan fingerprint density at radius 1 is 1.37 bits per heavy atom. The van der Waals surface area contributed by atoms with E-state index >= 15 is 0 Å². The van der Waals surface area contributed by atoms with Gasteiger partial charge in [0.05, 0.1) is 12.7 Å². The third-order valence-electron chi connectivity index (χ3n) is 3.48. The van der Waals surface area contributed by atoms with Crippen LogP contribution in [0.4, 0.5) is 0 Å². The number of hydrogen-bond donors (Lipinski definition) is 1. The van der Waals surface area contributed by atoms with Gasteiger partial charge in [0, 0.05) is 26.7 Å². The number of nitrogens with zero attached hydrogens (tertiary/aromatic N) is 2. The van der Waals surface area contributed by atoms with Crippen LogP contribution in [0.3, 0.4) is 0 Å². The zero-order chi connectivity index (χ0) is 14.5. The molecule has 0 amide bonds. The van der Waals surface area contributed by atoms with Gasteiger partial charge in [-0.25, -0.2) is 0 Å². The molecule has 0 aromatic rings. The molecule has 114 valence electrons. The van der Waals surface area contributed by atoms with Crippen molar-refractivity contribution < 1.29 is 13.2 Å². The lowest BCUT2D eigenvalue weighted by atomic mass is 9.99. The third-order valence-corrected chi connectivity index (χ3v) is 5.47. The molecule has 1 aliphatic rings. The van der Waals surface area contributed by atoms with E-state index < -0.39 is 10.2 Å². The van der Waals surface area contributed by atoms with Crippen LogP contribution in [0, 0.1) is 5.92 Å². The summed E-state index contributed by atoms with van der Waals surface area (Å²) in [5, 5.41) is 0. The Morgan fingerprint density at radius 3 is 2.42 bits per heavy atom. The van der Waals surface area contributed by atoms with Crippen LogP contribution in [0.2, 0.25) is 0 Å². The van der Waals surface area contributed by atoms with Crippen molar-refractivity contribution in [2.75, 3.05) is 39.8 Å². The van der Waals surface area contributed by atoms with E-state index in [9.17, 15) is 8.42 Å². The SMILES string of the molecule is CC(C)OCCN(C)S(=O)(=O)N1CCC(CN)CC1. The molecule has 1 fully saturated rings. The van der Waals surface area contributed by atoms with E-state index in [1.54, 1.807) is 11.4 Å². The third kappa shape index (κ3) is 5.00. The highest BCUT2D eigenvalue weighted by Crippen LogP contribution is 2.19. The topological polar surface area (TPSA) is 75.9 Å². The molecule has 1 saturated heterocycles. The standard InChI is InChI=1S/C12H27N3O3S/c1-11(2)18-9-8-14(3)19(16,17)15-6-4-12(10-13)5-7-15/h11-12H,4-10,13H2,1-3H3. The molecule has 1 aliphatic heterocycles. The van der Waals surface area contributed by atoms with Crippen molar-refractivity contribution in [2.45, 2.75) is 32.8 Å². The minimum Gasteiger partial charge on any atom is -0.377 e. The van der Waals surface area contributed by atoms with Crippen molar-refractivity contribution in [3.63, 3.8) is 0 Å². The predicted molar refractivity (Wildman–Crippen MR) is 76.0 cm³/mol. The quantitative estimate of drug-likeness (QED) is 0.730. The van der Waals surface area contributed by atoms with E-state index in [2.05, 4.69) is 0 Å². The summed E-state index contributed by atoms with van der Waals surface area (Å²) >= 11 is 0. The Bertz CT molecular complexity index is 351. The average Bonchev–Trinajstić information content (AvgIpc) is 2.38. The molecule has 19 heavy (non-hydrogen) atoms. The van der Waals surface area contributed by atoms with Crippen molar-refractivity contribution in [2.24, 2.45) is 11.7 Å². The molecule has 6 nitrogen and oxygen atoms in total. The first-order valence-corrected chi connectivity index (χ1v) is 8.30. The summed E-state index contributed by atoms with van der Waals surface area (Å²) in [5.41, 5.74) is 5.62. The van der Waals surface area contributed by atoms with Gasteiger partial charge >= 0.3 is 0 Å². The van der Waals surface area contributed by atoms with Crippen molar-refractivity contribution in [3.05, 3.63) is 0 Å². The van der Waals surface area contributed by atoms with E-state index in [-0.39, 0.29) is 6.10 Å². The van der Waals surface area contributed by atoms with Gasteiger partial charge in [-0.05, 0) is 39.2 Å². The maximum Gasteiger partial charge on any atom is 0.281 e. The zero-order valence-corrected chi connectivity index (χ0v) is 13.0. The minimum absolute atomic E-state index is 0.122. The highest BCUT2D eigenvalue weighted by atomic mass is 32.2. The molecular formula is C12H27N3O3S. The normalized spacial score (nSPS) is 19.5. The Balaban J connectivity index is 2.46. The molecule has 0 radical (unpaired) electrons. The van der Waals surface area contributed by atoms with Gasteiger partial charge in [-0.3, -0.25) is 0 Å². The number of piperidine rings is 1. The smallest absolute Gasteiger partial charge is 0.281 e. The molecular weight excluding hydrogens is 266 g/mol. The van der Waals surface area contributed by atoms with Crippen molar-refractivity contribution in [1.29, 1.82) is 0 Å². The second-order valence-corrected chi connectivity index (χ2v) is 7.36. The first-order chi connectivity index (χ1) is 8.87. The highest BCUT2D eigenvalue weighted by molar-refractivity contribution is 7.86. The van der Waals surface area contributed by atoms with Gasteiger partial charge in [-0.2, -0.15) is 17.0 Å². The molecule has 0 unspecified atom stereocenters. The maximum absolute atomic E-state index is 12.3. The molecule has 0 aliphatic carbocycles. The van der Waals surface area contributed by atoms with Crippen LogP contribution in [0.1, 0.15) is 26.7 Å². The van der Waals surface area contributed by atoms with Gasteiger partial charge in [0.15, 0.2) is 0 Å². The van der Waals surface area contributed by atoms with E-state index in [1.807, 2.05) is 13.8 Å². The number of hydrogen-bond acceptors (Lipinski definition) is 4. The molecule has 0 aromatic heterocycles. The second kappa shape index (κ2) is 7.54. The van der Waals surface area contributed by atoms with Gasteiger partial charge in [0.2, 0.25) is 0 Å². The van der Waals surface area contributed by atoms with Crippen molar-refractivity contribution >= 4 is 10.2 Å². The first kappa shape index (κ1) is 16.8. The molecule has 0 aromatic carbocycles. The molecule has 1 heterocycles. The summed E-state index contributed by atoms with van der Waals surface area (Å²) in [7, 11) is -1.74. The van der Waals surface area contributed by atoms with Crippen LogP contribution in [0.25, 0.3) is 0 Å². The van der Waals surface area contributed by atoms with Gasteiger partial charge in [-0.1, -0.05) is 0 Å². The number of rotatable bonds is 7. The summed E-state index contributed by atoms with van der Waals surface area (Å²) in [6.45, 7) is 6.47. The molecule has 0 atom stereocenters. The number of nitrogens with two attached hydrogens (primary N) is 1. The average molecular weight is 293 g/mol. The van der Waals surface area contributed by atoms with Crippen LogP contribution < -0.4 is 5.73 Å². The van der Waals surface area contributed by atoms with Gasteiger partial charge < -0.3 is 10.5 Å². The van der Waals surface area contributed by atoms with E-state index in [0.29, 0.717) is 38.7 Å². The van der Waals surface area contributed by atoms with Crippen LogP contribution in [-0.2, 0) is 14.9 Å². The lowest BCUT2D eigenvalue weighted by Gasteiger charge is -2.33. The van der Waals surface area contributed by atoms with Crippen LogP contribution in [0.15, 0.2) is 0 Å². The molecule has 0 spiro atoms. The van der Waals surface area contributed by atoms with Gasteiger partial charge in [0.25, 0.3) is 10.2 Å². The number of ether oxygens (including phenoxy) is 1. The fraction of sp³-hybridized carbons (Fsp3) is 1.00. The predicted octanol–water partition coefficient (Wildman–Crippen LogP) is 0.259. The first-order valence-electron chi connectivity index (χ1n) is 6.91. The lowest BCUT2D eigenvalue weighted by Crippen LogP contribution is -2.47. The van der Waals surface area contributed by atoms with Gasteiger partial charge in [0.1, 0.15) is 0 Å². The Kier molecular flexibility index (Phi) is 6.68. The number of likely N-dealkylation sites (N-methyl/N-ethyl adjacent to an activating group) is 1. The molecule has 1 rings (SSSR count). The van der Waals surface area contributed by atoms with Gasteiger partial charge in [-0.15, -0.1) is 0 Å². The summed E-state index contributed by atoms with van der Waals surface area (Å²) in [5.74, 6) is 0.459. The van der Waals surface area contributed by atoms with Crippen molar-refractivity contribution in [3.8, 4) is 0 Å². The summed E-state index contributed by atoms with van der Waals surface area (Å²) < 4.78 is 33.0. The Morgan fingerprint density at radius 2 is 1.95 bits per heavy atom. The monoisotopic (exact) mass is 293 g/mol. The minimum atomic E-state index is -3.35. The van der Waals surface area contributed by atoms with Crippen LogP contribution in [0.5, 0.6) is 0 Å². The maximum atomic E-state index is 12.3. The van der Waals surface area contributed by atoms with E-state index in [1.165, 1.54) is 4.31 Å². The lowest BCUT2D eigenvalue weighted by molar-refractivity contribution is 0.0727. The van der Waals surface area contributed by atoms with E-state index in [0.717, 1.165) is 12.8 Å². The zero-order valence-electron chi connectivity index (χ0n) is 12.2. The fourth-order valence-electron chi connectivity index (χ4n) is 2.11. The molecule has 0 saturated carbocycles. The largest absolute Gasteiger partial charge is 0.377 e. The fourth-order valence-corrected chi connectivity index (χ4v) is 3.48. The summed E-state index contributed by atoms with van der Waals surface area (Å²) in [6, 6.07) is 0.